The summed E-state index contributed by atoms with van der Waals surface area (Å²) in [5.41, 5.74) is 1.26. The Balaban J connectivity index is 1.33. The third-order valence-electron chi connectivity index (χ3n) is 4.77. The summed E-state index contributed by atoms with van der Waals surface area (Å²) in [6.07, 6.45) is 5.67. The van der Waals surface area contributed by atoms with E-state index in [9.17, 15) is 4.79 Å². The molecule has 1 aliphatic rings. The van der Waals surface area contributed by atoms with Crippen LogP contribution in [-0.2, 0) is 11.3 Å². The van der Waals surface area contributed by atoms with Gasteiger partial charge < -0.3 is 14.8 Å². The van der Waals surface area contributed by atoms with E-state index < -0.39 is 0 Å². The second-order valence-electron chi connectivity index (χ2n) is 6.90. The summed E-state index contributed by atoms with van der Waals surface area (Å²) in [7, 11) is 0. The molecule has 28 heavy (non-hydrogen) atoms. The van der Waals surface area contributed by atoms with E-state index >= 15 is 0 Å². The Labute approximate surface area is 164 Å². The Morgan fingerprint density at radius 2 is 1.79 bits per heavy atom. The summed E-state index contributed by atoms with van der Waals surface area (Å²) in [5.74, 6) is 1.86. The average Bonchev–Trinajstić information content (AvgIpc) is 3.17. The predicted molar refractivity (Wildman–Crippen MR) is 107 cm³/mol. The molecule has 0 saturated carbocycles. The van der Waals surface area contributed by atoms with Gasteiger partial charge >= 0.3 is 0 Å². The molecule has 1 aromatic heterocycles. The van der Waals surface area contributed by atoms with Crippen molar-refractivity contribution in [2.45, 2.75) is 19.4 Å². The standard InChI is InChI=1S/C22H23N3O3/c26-22(18-6-8-21(9-7-18)28-20-4-2-1-3-5-20)24-19-14-23-25(16-19)15-17-10-12-27-13-11-17/h1-9,14,16-17H,10-13,15H2,(H,24,26). The molecule has 3 aromatic rings. The molecule has 0 atom stereocenters. The highest BCUT2D eigenvalue weighted by Crippen LogP contribution is 2.22. The molecule has 1 fully saturated rings. The fourth-order valence-corrected chi connectivity index (χ4v) is 3.22. The highest BCUT2D eigenvalue weighted by molar-refractivity contribution is 6.04. The number of amides is 1. The Morgan fingerprint density at radius 3 is 2.54 bits per heavy atom. The van der Waals surface area contributed by atoms with Gasteiger partial charge in [0.05, 0.1) is 11.9 Å². The predicted octanol–water partition coefficient (Wildman–Crippen LogP) is 4.35. The normalized spacial score (nSPS) is 14.6. The number of carbonyl (C=O) groups is 1. The lowest BCUT2D eigenvalue weighted by Gasteiger charge is -2.21. The van der Waals surface area contributed by atoms with Crippen LogP contribution in [0, 0.1) is 5.92 Å². The van der Waals surface area contributed by atoms with E-state index in [4.69, 9.17) is 9.47 Å². The van der Waals surface area contributed by atoms with E-state index in [1.165, 1.54) is 0 Å². The quantitative estimate of drug-likeness (QED) is 0.693. The van der Waals surface area contributed by atoms with Crippen LogP contribution in [0.25, 0.3) is 0 Å². The van der Waals surface area contributed by atoms with Crippen molar-refractivity contribution in [2.24, 2.45) is 5.92 Å². The molecule has 4 rings (SSSR count). The van der Waals surface area contributed by atoms with Gasteiger partial charge in [-0.05, 0) is 55.2 Å². The molecule has 144 valence electrons. The molecule has 2 aromatic carbocycles. The molecule has 0 radical (unpaired) electrons. The van der Waals surface area contributed by atoms with Crippen LogP contribution in [0.1, 0.15) is 23.2 Å². The number of nitrogens with zero attached hydrogens (tertiary/aromatic N) is 2. The van der Waals surface area contributed by atoms with E-state index in [1.54, 1.807) is 30.5 Å². The van der Waals surface area contributed by atoms with Gasteiger partial charge in [0.25, 0.3) is 5.91 Å². The Hall–Kier alpha value is -3.12. The number of hydrogen-bond donors (Lipinski definition) is 1. The summed E-state index contributed by atoms with van der Waals surface area (Å²) < 4.78 is 13.0. The van der Waals surface area contributed by atoms with Crippen molar-refractivity contribution in [1.82, 2.24) is 9.78 Å². The Morgan fingerprint density at radius 1 is 1.07 bits per heavy atom. The number of rotatable bonds is 6. The van der Waals surface area contributed by atoms with Crippen molar-refractivity contribution in [1.29, 1.82) is 0 Å². The zero-order valence-corrected chi connectivity index (χ0v) is 15.6. The van der Waals surface area contributed by atoms with Crippen LogP contribution >= 0.6 is 0 Å². The molecule has 0 bridgehead atoms. The minimum Gasteiger partial charge on any atom is -0.457 e. The van der Waals surface area contributed by atoms with E-state index in [0.29, 0.717) is 22.9 Å². The van der Waals surface area contributed by atoms with Crippen LogP contribution in [0.15, 0.2) is 67.0 Å². The number of aromatic nitrogens is 2. The molecule has 0 aliphatic carbocycles. The fourth-order valence-electron chi connectivity index (χ4n) is 3.22. The van der Waals surface area contributed by atoms with Crippen LogP contribution in [0.4, 0.5) is 5.69 Å². The van der Waals surface area contributed by atoms with Crippen LogP contribution in [0.5, 0.6) is 11.5 Å². The van der Waals surface area contributed by atoms with Gasteiger partial charge in [-0.3, -0.25) is 9.48 Å². The maximum absolute atomic E-state index is 12.5. The molecule has 1 saturated heterocycles. The van der Waals surface area contributed by atoms with E-state index in [2.05, 4.69) is 10.4 Å². The topological polar surface area (TPSA) is 65.4 Å². The lowest BCUT2D eigenvalue weighted by atomic mass is 10.0. The second-order valence-corrected chi connectivity index (χ2v) is 6.90. The van der Waals surface area contributed by atoms with Crippen LogP contribution < -0.4 is 10.1 Å². The summed E-state index contributed by atoms with van der Waals surface area (Å²) in [5, 5.41) is 7.26. The molecule has 6 nitrogen and oxygen atoms in total. The van der Waals surface area contributed by atoms with Gasteiger partial charge in [-0.25, -0.2) is 0 Å². The van der Waals surface area contributed by atoms with Gasteiger partial charge in [0.2, 0.25) is 0 Å². The largest absolute Gasteiger partial charge is 0.457 e. The molecule has 1 aliphatic heterocycles. The first-order chi connectivity index (χ1) is 13.8. The van der Waals surface area contributed by atoms with Crippen LogP contribution in [-0.4, -0.2) is 28.9 Å². The Kier molecular flexibility index (Phi) is 5.68. The molecule has 2 heterocycles. The summed E-state index contributed by atoms with van der Waals surface area (Å²) >= 11 is 0. The highest BCUT2D eigenvalue weighted by atomic mass is 16.5. The first-order valence-corrected chi connectivity index (χ1v) is 9.51. The summed E-state index contributed by atoms with van der Waals surface area (Å²) in [6, 6.07) is 16.6. The van der Waals surface area contributed by atoms with Crippen LogP contribution in [0.2, 0.25) is 0 Å². The van der Waals surface area contributed by atoms with Gasteiger partial charge in [-0.1, -0.05) is 18.2 Å². The SMILES string of the molecule is O=C(Nc1cnn(CC2CCOCC2)c1)c1ccc(Oc2ccccc2)cc1. The van der Waals surface area contributed by atoms with Gasteiger partial charge in [0.15, 0.2) is 0 Å². The minimum atomic E-state index is -0.170. The summed E-state index contributed by atoms with van der Waals surface area (Å²) in [4.78, 5) is 12.5. The van der Waals surface area contributed by atoms with Crippen molar-refractivity contribution in [3.8, 4) is 11.5 Å². The molecular weight excluding hydrogens is 354 g/mol. The number of para-hydroxylation sites is 1. The maximum atomic E-state index is 12.5. The van der Waals surface area contributed by atoms with Gasteiger partial charge in [0, 0.05) is 31.5 Å². The molecule has 0 spiro atoms. The molecule has 0 unspecified atom stereocenters. The fraction of sp³-hybridized carbons (Fsp3) is 0.273. The first-order valence-electron chi connectivity index (χ1n) is 9.51. The van der Waals surface area contributed by atoms with Crippen LogP contribution in [0.3, 0.4) is 0 Å². The number of nitrogens with one attached hydrogen (secondary N) is 1. The van der Waals surface area contributed by atoms with E-state index in [0.717, 1.165) is 38.3 Å². The number of anilines is 1. The Bertz CT molecular complexity index is 900. The average molecular weight is 377 g/mol. The van der Waals surface area contributed by atoms with Gasteiger partial charge in [0.1, 0.15) is 11.5 Å². The number of carbonyl (C=O) groups excluding carboxylic acids is 1. The minimum absolute atomic E-state index is 0.170. The lowest BCUT2D eigenvalue weighted by Crippen LogP contribution is -2.20. The number of benzene rings is 2. The smallest absolute Gasteiger partial charge is 0.255 e. The maximum Gasteiger partial charge on any atom is 0.255 e. The van der Waals surface area contributed by atoms with E-state index in [1.807, 2.05) is 41.2 Å². The number of ether oxygens (including phenoxy) is 2. The lowest BCUT2D eigenvalue weighted by molar-refractivity contribution is 0.0601. The molecule has 1 amide bonds. The molecule has 6 heteroatoms. The first kappa shape index (κ1) is 18.3. The number of hydrogen-bond acceptors (Lipinski definition) is 4. The van der Waals surface area contributed by atoms with Gasteiger partial charge in [-0.15, -0.1) is 0 Å². The van der Waals surface area contributed by atoms with Crippen molar-refractivity contribution >= 4 is 11.6 Å². The summed E-state index contributed by atoms with van der Waals surface area (Å²) in [6.45, 7) is 2.49. The van der Waals surface area contributed by atoms with Crippen molar-refractivity contribution in [3.05, 3.63) is 72.6 Å². The van der Waals surface area contributed by atoms with Crippen molar-refractivity contribution in [2.75, 3.05) is 18.5 Å². The van der Waals surface area contributed by atoms with Crippen molar-refractivity contribution in [3.63, 3.8) is 0 Å². The van der Waals surface area contributed by atoms with Crippen molar-refractivity contribution < 1.29 is 14.3 Å². The second kappa shape index (κ2) is 8.71. The third-order valence-corrected chi connectivity index (χ3v) is 4.77. The van der Waals surface area contributed by atoms with E-state index in [-0.39, 0.29) is 5.91 Å². The zero-order chi connectivity index (χ0) is 19.2. The highest BCUT2D eigenvalue weighted by Gasteiger charge is 2.15. The monoisotopic (exact) mass is 377 g/mol. The molecular formula is C22H23N3O3. The van der Waals surface area contributed by atoms with Gasteiger partial charge in [-0.2, -0.15) is 5.10 Å². The third kappa shape index (κ3) is 4.78. The molecule has 1 N–H and O–H groups in total. The zero-order valence-electron chi connectivity index (χ0n) is 15.6.